The van der Waals surface area contributed by atoms with Gasteiger partial charge in [0.1, 0.15) is 0 Å². The molecular formula is C15H23N5S. The summed E-state index contributed by atoms with van der Waals surface area (Å²) in [5.74, 6) is 1.42. The molecule has 0 spiro atoms. The van der Waals surface area contributed by atoms with Crippen molar-refractivity contribution in [1.82, 2.24) is 25.5 Å². The number of nitrogens with one attached hydrogen (secondary N) is 1. The quantitative estimate of drug-likeness (QED) is 0.890. The highest BCUT2D eigenvalue weighted by Crippen LogP contribution is 2.37. The minimum absolute atomic E-state index is 0.405. The highest BCUT2D eigenvalue weighted by atomic mass is 32.1. The Bertz CT molecular complexity index is 576. The Morgan fingerprint density at radius 3 is 3.19 bits per heavy atom. The number of aromatic nitrogens is 4. The van der Waals surface area contributed by atoms with Crippen LogP contribution in [0.1, 0.15) is 48.4 Å². The van der Waals surface area contributed by atoms with E-state index < -0.39 is 0 Å². The molecule has 0 aromatic carbocycles. The fraction of sp³-hybridized carbons (Fsp3) is 0.667. The van der Waals surface area contributed by atoms with E-state index in [1.54, 1.807) is 15.2 Å². The lowest BCUT2D eigenvalue weighted by Gasteiger charge is -2.31. The van der Waals surface area contributed by atoms with Gasteiger partial charge in [0.25, 0.3) is 0 Å². The molecule has 3 rings (SSSR count). The number of aryl methyl sites for hydroxylation is 2. The van der Waals surface area contributed by atoms with Gasteiger partial charge in [0, 0.05) is 23.3 Å². The predicted octanol–water partition coefficient (Wildman–Crippen LogP) is 2.30. The minimum Gasteiger partial charge on any atom is -0.313 e. The molecule has 2 unspecified atom stereocenters. The van der Waals surface area contributed by atoms with Crippen molar-refractivity contribution in [2.75, 3.05) is 6.54 Å². The maximum atomic E-state index is 4.35. The molecule has 0 fully saturated rings. The molecule has 0 saturated carbocycles. The number of thiophene rings is 1. The summed E-state index contributed by atoms with van der Waals surface area (Å²) >= 11 is 1.91. The SMILES string of the molecule is CCCNC(Cc1nnn(C)n1)C1CCCc2sccc21. The van der Waals surface area contributed by atoms with Crippen molar-refractivity contribution < 1.29 is 0 Å². The van der Waals surface area contributed by atoms with Crippen molar-refractivity contribution in [2.45, 2.75) is 51.0 Å². The van der Waals surface area contributed by atoms with Crippen LogP contribution in [0.5, 0.6) is 0 Å². The summed E-state index contributed by atoms with van der Waals surface area (Å²) < 4.78 is 0. The molecule has 21 heavy (non-hydrogen) atoms. The van der Waals surface area contributed by atoms with E-state index in [9.17, 15) is 0 Å². The van der Waals surface area contributed by atoms with Crippen LogP contribution in [0, 0.1) is 0 Å². The second-order valence-corrected chi connectivity index (χ2v) is 6.76. The van der Waals surface area contributed by atoms with Gasteiger partial charge < -0.3 is 5.32 Å². The zero-order valence-corrected chi connectivity index (χ0v) is 13.6. The van der Waals surface area contributed by atoms with Gasteiger partial charge in [0.15, 0.2) is 5.82 Å². The summed E-state index contributed by atoms with van der Waals surface area (Å²) in [6.45, 7) is 3.25. The van der Waals surface area contributed by atoms with Crippen molar-refractivity contribution in [3.05, 3.63) is 27.7 Å². The second kappa shape index (κ2) is 6.66. The second-order valence-electron chi connectivity index (χ2n) is 5.76. The van der Waals surface area contributed by atoms with Gasteiger partial charge >= 0.3 is 0 Å². The van der Waals surface area contributed by atoms with E-state index in [0.717, 1.165) is 25.2 Å². The Morgan fingerprint density at radius 2 is 2.43 bits per heavy atom. The Hall–Kier alpha value is -1.27. The van der Waals surface area contributed by atoms with Gasteiger partial charge in [0.2, 0.25) is 0 Å². The van der Waals surface area contributed by atoms with Gasteiger partial charge in [-0.2, -0.15) is 4.80 Å². The van der Waals surface area contributed by atoms with E-state index in [0.29, 0.717) is 12.0 Å². The largest absolute Gasteiger partial charge is 0.313 e. The zero-order chi connectivity index (χ0) is 14.7. The fourth-order valence-electron chi connectivity index (χ4n) is 3.23. The van der Waals surface area contributed by atoms with Crippen molar-refractivity contribution >= 4 is 11.3 Å². The molecule has 1 aliphatic rings. The van der Waals surface area contributed by atoms with Gasteiger partial charge in [0.05, 0.1) is 7.05 Å². The van der Waals surface area contributed by atoms with Crippen LogP contribution in [-0.2, 0) is 19.9 Å². The van der Waals surface area contributed by atoms with Gasteiger partial charge in [-0.25, -0.2) is 0 Å². The molecule has 1 N–H and O–H groups in total. The first-order chi connectivity index (χ1) is 10.3. The van der Waals surface area contributed by atoms with Crippen LogP contribution >= 0.6 is 11.3 Å². The molecule has 2 heterocycles. The van der Waals surface area contributed by atoms with Gasteiger partial charge in [-0.1, -0.05) is 6.92 Å². The maximum Gasteiger partial charge on any atom is 0.176 e. The molecular weight excluding hydrogens is 282 g/mol. The molecule has 2 atom stereocenters. The fourth-order valence-corrected chi connectivity index (χ4v) is 4.22. The molecule has 114 valence electrons. The summed E-state index contributed by atoms with van der Waals surface area (Å²) in [6, 6.07) is 2.72. The van der Waals surface area contributed by atoms with Crippen LogP contribution < -0.4 is 5.32 Å². The topological polar surface area (TPSA) is 55.6 Å². The molecule has 2 aromatic rings. The van der Waals surface area contributed by atoms with Gasteiger partial charge in [-0.3, -0.25) is 0 Å². The van der Waals surface area contributed by atoms with Crippen LogP contribution in [-0.4, -0.2) is 32.8 Å². The Labute approximate surface area is 129 Å². The van der Waals surface area contributed by atoms with Gasteiger partial charge in [-0.15, -0.1) is 21.5 Å². The number of nitrogens with zero attached hydrogens (tertiary/aromatic N) is 4. The highest BCUT2D eigenvalue weighted by molar-refractivity contribution is 7.10. The van der Waals surface area contributed by atoms with Crippen LogP contribution in [0.2, 0.25) is 0 Å². The molecule has 0 bridgehead atoms. The predicted molar refractivity (Wildman–Crippen MR) is 84.6 cm³/mol. The van der Waals surface area contributed by atoms with E-state index in [4.69, 9.17) is 0 Å². The third kappa shape index (κ3) is 3.32. The normalized spacial score (nSPS) is 19.4. The third-order valence-electron chi connectivity index (χ3n) is 4.19. The first-order valence-corrected chi connectivity index (χ1v) is 8.68. The number of hydrogen-bond donors (Lipinski definition) is 1. The molecule has 1 aliphatic carbocycles. The molecule has 0 saturated heterocycles. The molecule has 6 heteroatoms. The average molecular weight is 305 g/mol. The summed E-state index contributed by atoms with van der Waals surface area (Å²) in [5, 5.41) is 18.4. The lowest BCUT2D eigenvalue weighted by Crippen LogP contribution is -2.38. The molecule has 0 radical (unpaired) electrons. The first-order valence-electron chi connectivity index (χ1n) is 7.80. The molecule has 0 amide bonds. The Balaban J connectivity index is 1.79. The summed E-state index contributed by atoms with van der Waals surface area (Å²) in [5.41, 5.74) is 1.55. The number of hydrogen-bond acceptors (Lipinski definition) is 5. The lowest BCUT2D eigenvalue weighted by atomic mass is 9.81. The summed E-state index contributed by atoms with van der Waals surface area (Å²) in [7, 11) is 1.82. The van der Waals surface area contributed by atoms with Gasteiger partial charge in [-0.05, 0) is 54.5 Å². The third-order valence-corrected chi connectivity index (χ3v) is 5.19. The number of fused-ring (bicyclic) bond motifs is 1. The van der Waals surface area contributed by atoms with Crippen LogP contribution in [0.15, 0.2) is 11.4 Å². The van der Waals surface area contributed by atoms with Crippen molar-refractivity contribution in [3.8, 4) is 0 Å². The monoisotopic (exact) mass is 305 g/mol. The summed E-state index contributed by atoms with van der Waals surface area (Å²) in [6.07, 6.45) is 5.79. The highest BCUT2D eigenvalue weighted by Gasteiger charge is 2.29. The van der Waals surface area contributed by atoms with Crippen molar-refractivity contribution in [1.29, 1.82) is 0 Å². The number of rotatable bonds is 6. The molecule has 0 aliphatic heterocycles. The zero-order valence-electron chi connectivity index (χ0n) is 12.7. The van der Waals surface area contributed by atoms with E-state index >= 15 is 0 Å². The summed E-state index contributed by atoms with van der Waals surface area (Å²) in [4.78, 5) is 3.12. The van der Waals surface area contributed by atoms with E-state index in [-0.39, 0.29) is 0 Å². The van der Waals surface area contributed by atoms with Crippen LogP contribution in [0.4, 0.5) is 0 Å². The maximum absolute atomic E-state index is 4.35. The van der Waals surface area contributed by atoms with E-state index in [1.807, 2.05) is 18.4 Å². The standard InChI is InChI=1S/C15H23N5S/c1-3-8-16-13(10-15-17-19-20(2)18-15)11-5-4-6-14-12(11)7-9-21-14/h7,9,11,13,16H,3-6,8,10H2,1-2H3. The smallest absolute Gasteiger partial charge is 0.176 e. The van der Waals surface area contributed by atoms with Crippen molar-refractivity contribution in [2.24, 2.45) is 7.05 Å². The Kier molecular flexibility index (Phi) is 4.65. The lowest BCUT2D eigenvalue weighted by molar-refractivity contribution is 0.386. The van der Waals surface area contributed by atoms with Crippen molar-refractivity contribution in [3.63, 3.8) is 0 Å². The van der Waals surface area contributed by atoms with Crippen LogP contribution in [0.3, 0.4) is 0 Å². The average Bonchev–Trinajstić information content (AvgIpc) is 3.11. The molecule has 2 aromatic heterocycles. The molecule has 5 nitrogen and oxygen atoms in total. The van der Waals surface area contributed by atoms with E-state index in [2.05, 4.69) is 39.1 Å². The first kappa shape index (κ1) is 14.7. The van der Waals surface area contributed by atoms with Crippen LogP contribution in [0.25, 0.3) is 0 Å². The van der Waals surface area contributed by atoms with E-state index in [1.165, 1.54) is 19.3 Å². The number of tetrazole rings is 1. The minimum atomic E-state index is 0.405. The Morgan fingerprint density at radius 1 is 1.52 bits per heavy atom.